The van der Waals surface area contributed by atoms with E-state index in [1.807, 2.05) is 0 Å². The molecule has 3 aliphatic rings. The van der Waals surface area contributed by atoms with Crippen molar-refractivity contribution < 1.29 is 0 Å². The van der Waals surface area contributed by atoms with Gasteiger partial charge in [0.25, 0.3) is 0 Å². The van der Waals surface area contributed by atoms with Gasteiger partial charge in [0.05, 0.1) is 5.38 Å². The summed E-state index contributed by atoms with van der Waals surface area (Å²) in [6, 6.07) is 0. The lowest BCUT2D eigenvalue weighted by molar-refractivity contribution is -0.0257. The molecule has 0 aromatic heterocycles. The average molecular weight is 171 g/mol. The van der Waals surface area contributed by atoms with Gasteiger partial charge in [-0.25, -0.2) is 0 Å². The molecule has 3 rings (SSSR count). The summed E-state index contributed by atoms with van der Waals surface area (Å²) in [4.78, 5) is 0. The molecule has 0 aromatic carbocycles. The second-order valence-corrected chi connectivity index (χ2v) is 5.11. The van der Waals surface area contributed by atoms with E-state index in [0.717, 1.165) is 12.3 Å². The Morgan fingerprint density at radius 3 is 2.45 bits per heavy atom. The molecule has 1 unspecified atom stereocenters. The number of fused-ring (bicyclic) bond motifs is 2. The summed E-state index contributed by atoms with van der Waals surface area (Å²) >= 11 is 6.12. The molecule has 0 saturated heterocycles. The normalized spacial score (nSPS) is 46.8. The number of hydrogen-bond acceptors (Lipinski definition) is 0. The molecule has 3 fully saturated rings. The van der Waals surface area contributed by atoms with Gasteiger partial charge >= 0.3 is 0 Å². The first-order valence-corrected chi connectivity index (χ1v) is 4.80. The van der Waals surface area contributed by atoms with Crippen molar-refractivity contribution >= 4 is 11.6 Å². The molecule has 2 bridgehead atoms. The van der Waals surface area contributed by atoms with Crippen LogP contribution in [-0.4, -0.2) is 5.38 Å². The summed E-state index contributed by atoms with van der Waals surface area (Å²) in [5, 5.41) is 0.270. The monoisotopic (exact) mass is 170 g/mol. The van der Waals surface area contributed by atoms with Crippen LogP contribution in [-0.2, 0) is 0 Å². The third-order valence-electron chi connectivity index (χ3n) is 3.81. The fourth-order valence-electron chi connectivity index (χ4n) is 2.66. The van der Waals surface area contributed by atoms with Gasteiger partial charge in [0.2, 0.25) is 0 Å². The Hall–Kier alpha value is 0.0300. The molecule has 3 aliphatic carbocycles. The highest BCUT2D eigenvalue weighted by Crippen LogP contribution is 2.61. The predicted molar refractivity (Wildman–Crippen MR) is 48.8 cm³/mol. The van der Waals surface area contributed by atoms with Crippen LogP contribution in [0.5, 0.6) is 0 Å². The second kappa shape index (κ2) is 2.04. The van der Waals surface area contributed by atoms with E-state index in [2.05, 4.69) is 20.4 Å². The average Bonchev–Trinajstić information content (AvgIpc) is 1.93. The molecule has 0 amide bonds. The summed E-state index contributed by atoms with van der Waals surface area (Å²) in [5.74, 6) is 1.57. The van der Waals surface area contributed by atoms with Crippen molar-refractivity contribution in [2.75, 3.05) is 0 Å². The van der Waals surface area contributed by atoms with Crippen LogP contribution in [0.2, 0.25) is 0 Å². The molecule has 1 heteroatoms. The zero-order chi connectivity index (χ0) is 8.22. The lowest BCUT2D eigenvalue weighted by atomic mass is 9.47. The third kappa shape index (κ3) is 0.823. The molecule has 0 nitrogen and oxygen atoms in total. The van der Waals surface area contributed by atoms with E-state index in [1.165, 1.54) is 12.0 Å². The summed E-state index contributed by atoms with van der Waals surface area (Å²) in [6.45, 7) is 8.77. The highest BCUT2D eigenvalue weighted by Gasteiger charge is 2.54. The standard InChI is InChI=1S/C10H15Cl/c1-6-8-4-7(5-9(6)11)10(8,2)3/h7-9H,1,4-5H2,2-3H3/t7-,8?,9+/m0/s1. The molecule has 3 atom stereocenters. The van der Waals surface area contributed by atoms with E-state index in [9.17, 15) is 0 Å². The van der Waals surface area contributed by atoms with Gasteiger partial charge in [0, 0.05) is 0 Å². The van der Waals surface area contributed by atoms with Crippen molar-refractivity contribution in [2.45, 2.75) is 32.1 Å². The van der Waals surface area contributed by atoms with Crippen LogP contribution in [0.15, 0.2) is 12.2 Å². The number of hydrogen-bond donors (Lipinski definition) is 0. The van der Waals surface area contributed by atoms with Crippen molar-refractivity contribution in [3.63, 3.8) is 0 Å². The first-order valence-electron chi connectivity index (χ1n) is 4.36. The maximum absolute atomic E-state index is 6.12. The smallest absolute Gasteiger partial charge is 0.0548 e. The lowest BCUT2D eigenvalue weighted by Crippen LogP contribution is -2.52. The minimum absolute atomic E-state index is 0.270. The Kier molecular flexibility index (Phi) is 1.42. The van der Waals surface area contributed by atoms with Gasteiger partial charge in [-0.05, 0) is 30.1 Å². The molecule has 0 aliphatic heterocycles. The fraction of sp³-hybridized carbons (Fsp3) is 0.800. The minimum atomic E-state index is 0.270. The zero-order valence-electron chi connectivity index (χ0n) is 7.23. The van der Waals surface area contributed by atoms with Crippen molar-refractivity contribution in [1.29, 1.82) is 0 Å². The molecule has 0 radical (unpaired) electrons. The topological polar surface area (TPSA) is 0 Å². The van der Waals surface area contributed by atoms with E-state index in [-0.39, 0.29) is 5.38 Å². The maximum atomic E-state index is 6.12. The van der Waals surface area contributed by atoms with Crippen LogP contribution in [0.25, 0.3) is 0 Å². The Morgan fingerprint density at radius 1 is 1.45 bits per heavy atom. The quantitative estimate of drug-likeness (QED) is 0.387. The van der Waals surface area contributed by atoms with Gasteiger partial charge in [-0.3, -0.25) is 0 Å². The number of halogens is 1. The Bertz CT molecular complexity index is 205. The van der Waals surface area contributed by atoms with Gasteiger partial charge < -0.3 is 0 Å². The van der Waals surface area contributed by atoms with Crippen LogP contribution in [0.3, 0.4) is 0 Å². The van der Waals surface area contributed by atoms with Crippen molar-refractivity contribution in [1.82, 2.24) is 0 Å². The lowest BCUT2D eigenvalue weighted by Gasteiger charge is -2.59. The molecular weight excluding hydrogens is 156 g/mol. The van der Waals surface area contributed by atoms with Crippen LogP contribution in [0.1, 0.15) is 26.7 Å². The Labute approximate surface area is 73.6 Å². The Morgan fingerprint density at radius 2 is 2.09 bits per heavy atom. The molecule has 0 heterocycles. The van der Waals surface area contributed by atoms with Crippen LogP contribution < -0.4 is 0 Å². The van der Waals surface area contributed by atoms with Gasteiger partial charge in [-0.15, -0.1) is 11.6 Å². The van der Waals surface area contributed by atoms with Gasteiger partial charge in [0.15, 0.2) is 0 Å². The molecule has 0 aromatic rings. The van der Waals surface area contributed by atoms with Crippen molar-refractivity contribution in [2.24, 2.45) is 17.3 Å². The highest BCUT2D eigenvalue weighted by molar-refractivity contribution is 6.22. The van der Waals surface area contributed by atoms with Gasteiger partial charge in [-0.1, -0.05) is 26.0 Å². The third-order valence-corrected chi connectivity index (χ3v) is 4.27. The summed E-state index contributed by atoms with van der Waals surface area (Å²) in [7, 11) is 0. The second-order valence-electron chi connectivity index (χ2n) is 4.58. The van der Waals surface area contributed by atoms with Crippen LogP contribution >= 0.6 is 11.6 Å². The Balaban J connectivity index is 2.23. The molecular formula is C10H15Cl. The van der Waals surface area contributed by atoms with Crippen molar-refractivity contribution in [3.05, 3.63) is 12.2 Å². The predicted octanol–water partition coefficient (Wildman–Crippen LogP) is 3.22. The van der Waals surface area contributed by atoms with E-state index >= 15 is 0 Å². The highest BCUT2D eigenvalue weighted by atomic mass is 35.5. The SMILES string of the molecule is C=C1C2C[C@@H](C[C@H]1Cl)C2(C)C. The first-order chi connectivity index (χ1) is 5.03. The summed E-state index contributed by atoms with van der Waals surface area (Å²) < 4.78 is 0. The van der Waals surface area contributed by atoms with Crippen LogP contribution in [0, 0.1) is 17.3 Å². The molecule has 3 saturated carbocycles. The summed E-state index contributed by atoms with van der Waals surface area (Å²) in [5.41, 5.74) is 1.79. The van der Waals surface area contributed by atoms with E-state index in [4.69, 9.17) is 11.6 Å². The fourth-order valence-corrected chi connectivity index (χ4v) is 3.03. The largest absolute Gasteiger partial charge is 0.118 e. The van der Waals surface area contributed by atoms with E-state index < -0.39 is 0 Å². The number of rotatable bonds is 0. The molecule has 0 spiro atoms. The minimum Gasteiger partial charge on any atom is -0.118 e. The summed E-state index contributed by atoms with van der Waals surface area (Å²) in [6.07, 6.45) is 2.50. The van der Waals surface area contributed by atoms with Crippen LogP contribution in [0.4, 0.5) is 0 Å². The molecule has 62 valence electrons. The molecule has 11 heavy (non-hydrogen) atoms. The maximum Gasteiger partial charge on any atom is 0.0548 e. The van der Waals surface area contributed by atoms with Gasteiger partial charge in [0.1, 0.15) is 0 Å². The number of allylic oxidation sites excluding steroid dienone is 1. The van der Waals surface area contributed by atoms with E-state index in [1.54, 1.807) is 0 Å². The number of alkyl halides is 1. The van der Waals surface area contributed by atoms with Crippen molar-refractivity contribution in [3.8, 4) is 0 Å². The van der Waals surface area contributed by atoms with Gasteiger partial charge in [-0.2, -0.15) is 0 Å². The molecule has 0 N–H and O–H groups in total. The van der Waals surface area contributed by atoms with E-state index in [0.29, 0.717) is 11.3 Å². The zero-order valence-corrected chi connectivity index (χ0v) is 7.99. The first kappa shape index (κ1) is 7.67.